The van der Waals surface area contributed by atoms with Crippen molar-refractivity contribution >= 4 is 38.6 Å². The summed E-state index contributed by atoms with van der Waals surface area (Å²) in [4.78, 5) is 1.91. The summed E-state index contributed by atoms with van der Waals surface area (Å²) >= 11 is 0. The zero-order chi connectivity index (χ0) is 33.5. The second kappa shape index (κ2) is 11.6. The normalized spacial score (nSPS) is 12.4. The smallest absolute Gasteiger partial charge is 0.0651 e. The van der Waals surface area contributed by atoms with E-state index in [1.807, 2.05) is 120 Å². The molecule has 0 unspecified atom stereocenters. The molecule has 0 heterocycles. The molecule has 0 radical (unpaired) electrons. The van der Waals surface area contributed by atoms with Crippen LogP contribution in [0.15, 0.2) is 188 Å². The molecule has 45 heavy (non-hydrogen) atoms. The molecule has 0 amide bonds. The van der Waals surface area contributed by atoms with Crippen molar-refractivity contribution in [2.45, 2.75) is 0 Å². The lowest BCUT2D eigenvalue weighted by atomic mass is 9.99. The highest BCUT2D eigenvalue weighted by Crippen LogP contribution is 2.41. The van der Waals surface area contributed by atoms with Crippen LogP contribution in [0.2, 0.25) is 0 Å². The van der Waals surface area contributed by atoms with Gasteiger partial charge >= 0.3 is 0 Å². The fourth-order valence-electron chi connectivity index (χ4n) is 6.02. The minimum Gasteiger partial charge on any atom is -0.310 e. The molecule has 0 fully saturated rings. The zero-order valence-electron chi connectivity index (χ0n) is 28.5. The largest absolute Gasteiger partial charge is 0.310 e. The van der Waals surface area contributed by atoms with Crippen LogP contribution in [0, 0.1) is 0 Å². The first kappa shape index (κ1) is 22.6. The van der Waals surface area contributed by atoms with E-state index in [0.29, 0.717) is 11.1 Å². The molecule has 0 saturated heterocycles. The molecule has 0 N–H and O–H groups in total. The predicted molar refractivity (Wildman–Crippen MR) is 192 cm³/mol. The lowest BCUT2D eigenvalue weighted by molar-refractivity contribution is 1.30. The van der Waals surface area contributed by atoms with E-state index in [1.165, 1.54) is 5.56 Å². The van der Waals surface area contributed by atoms with Crippen molar-refractivity contribution < 1.29 is 5.48 Å². The van der Waals surface area contributed by atoms with E-state index in [1.54, 1.807) is 0 Å². The Morgan fingerprint density at radius 2 is 0.956 bits per heavy atom. The summed E-state index contributed by atoms with van der Waals surface area (Å²) in [5, 5.41) is 4.02. The van der Waals surface area contributed by atoms with Crippen LogP contribution in [0.25, 0.3) is 54.9 Å². The average molecular weight is 578 g/mol. The van der Waals surface area contributed by atoms with Crippen LogP contribution in [0.1, 0.15) is 5.48 Å². The van der Waals surface area contributed by atoms with Gasteiger partial charge in [-0.1, -0.05) is 152 Å². The topological polar surface area (TPSA) is 3.24 Å². The summed E-state index contributed by atoms with van der Waals surface area (Å²) in [6.45, 7) is 0. The number of rotatable bonds is 6. The first-order chi connectivity index (χ1) is 24.0. The summed E-state index contributed by atoms with van der Waals surface area (Å²) in [7, 11) is 0. The molecular weight excluding hydrogens is 542 g/mol. The molecule has 0 aliphatic carbocycles. The van der Waals surface area contributed by atoms with Gasteiger partial charge in [-0.3, -0.25) is 0 Å². The summed E-state index contributed by atoms with van der Waals surface area (Å²) in [6.07, 6.45) is 0. The van der Waals surface area contributed by atoms with Gasteiger partial charge in [-0.05, 0) is 85.9 Å². The lowest BCUT2D eigenvalue weighted by Gasteiger charge is -2.27. The number of nitrogens with zero attached hydrogens (tertiary/aromatic N) is 1. The van der Waals surface area contributed by atoms with E-state index >= 15 is 0 Å². The Balaban J connectivity index is 1.30. The highest BCUT2D eigenvalue weighted by molar-refractivity contribution is 5.99. The molecule has 0 saturated carbocycles. The SMILES string of the molecule is [2H]c1c([2H])c(-c2ccc3ccccc3c2)c([2H])c(N(c2ccc(-c3ccc(-c4ccccc4)cc3)cc2)c2cccc3ccccc23)c1[2H]. The van der Waals surface area contributed by atoms with Gasteiger partial charge in [0.25, 0.3) is 0 Å². The molecule has 0 atom stereocenters. The molecule has 0 spiro atoms. The van der Waals surface area contributed by atoms with Crippen molar-refractivity contribution in [1.82, 2.24) is 0 Å². The van der Waals surface area contributed by atoms with Crippen LogP contribution in [0.3, 0.4) is 0 Å². The Morgan fingerprint density at radius 3 is 1.71 bits per heavy atom. The zero-order valence-corrected chi connectivity index (χ0v) is 24.5. The highest BCUT2D eigenvalue weighted by atomic mass is 15.1. The van der Waals surface area contributed by atoms with Crippen LogP contribution >= 0.6 is 0 Å². The number of fused-ring (bicyclic) bond motifs is 2. The molecule has 8 rings (SSSR count). The Labute approximate surface area is 269 Å². The van der Waals surface area contributed by atoms with Crippen molar-refractivity contribution in [2.75, 3.05) is 4.90 Å². The van der Waals surface area contributed by atoms with Crippen molar-refractivity contribution in [3.05, 3.63) is 188 Å². The Bertz CT molecular complexity index is 2470. The van der Waals surface area contributed by atoms with Crippen LogP contribution in [0.5, 0.6) is 0 Å². The fraction of sp³-hybridized carbons (Fsp3) is 0. The Hall–Kier alpha value is -5.92. The second-order valence-corrected chi connectivity index (χ2v) is 11.1. The summed E-state index contributed by atoms with van der Waals surface area (Å²) in [6, 6.07) is 54.4. The number of anilines is 3. The summed E-state index contributed by atoms with van der Waals surface area (Å²) in [5.74, 6) is 0. The van der Waals surface area contributed by atoms with Crippen molar-refractivity contribution in [3.8, 4) is 33.4 Å². The summed E-state index contributed by atoms with van der Waals surface area (Å²) < 4.78 is 36.7. The van der Waals surface area contributed by atoms with Gasteiger partial charge in [-0.25, -0.2) is 0 Å². The third-order valence-electron chi connectivity index (χ3n) is 8.33. The van der Waals surface area contributed by atoms with E-state index in [9.17, 15) is 2.74 Å². The van der Waals surface area contributed by atoms with Gasteiger partial charge in [-0.2, -0.15) is 0 Å². The molecule has 0 aromatic heterocycles. The van der Waals surface area contributed by atoms with E-state index < -0.39 is 0 Å². The van der Waals surface area contributed by atoms with E-state index in [0.717, 1.165) is 49.6 Å². The highest BCUT2D eigenvalue weighted by Gasteiger charge is 2.16. The van der Waals surface area contributed by atoms with E-state index in [4.69, 9.17) is 2.74 Å². The van der Waals surface area contributed by atoms with Gasteiger partial charge in [-0.15, -0.1) is 0 Å². The van der Waals surface area contributed by atoms with E-state index in [2.05, 4.69) is 48.5 Å². The molecule has 8 aromatic carbocycles. The first-order valence-electron chi connectivity index (χ1n) is 17.1. The van der Waals surface area contributed by atoms with Crippen LogP contribution in [-0.2, 0) is 0 Å². The van der Waals surface area contributed by atoms with Gasteiger partial charge in [0.15, 0.2) is 0 Å². The van der Waals surface area contributed by atoms with Crippen LogP contribution in [0.4, 0.5) is 17.1 Å². The molecule has 212 valence electrons. The first-order valence-corrected chi connectivity index (χ1v) is 15.1. The number of benzene rings is 8. The van der Waals surface area contributed by atoms with E-state index in [-0.39, 0.29) is 29.9 Å². The van der Waals surface area contributed by atoms with Crippen molar-refractivity contribution in [2.24, 2.45) is 0 Å². The van der Waals surface area contributed by atoms with Gasteiger partial charge in [0.1, 0.15) is 0 Å². The maximum Gasteiger partial charge on any atom is 0.0651 e. The maximum absolute atomic E-state index is 9.61. The Kier molecular flexibility index (Phi) is 5.84. The van der Waals surface area contributed by atoms with Gasteiger partial charge < -0.3 is 4.90 Å². The minimum atomic E-state index is -0.213. The maximum atomic E-state index is 9.61. The third kappa shape index (κ3) is 5.26. The summed E-state index contributed by atoms with van der Waals surface area (Å²) in [5.41, 5.74) is 7.27. The molecule has 1 nitrogen and oxygen atoms in total. The fourth-order valence-corrected chi connectivity index (χ4v) is 6.02. The molecule has 1 heteroatoms. The van der Waals surface area contributed by atoms with Crippen molar-refractivity contribution in [3.63, 3.8) is 0 Å². The van der Waals surface area contributed by atoms with Gasteiger partial charge in [0.2, 0.25) is 0 Å². The number of hydrogen-bond acceptors (Lipinski definition) is 1. The average Bonchev–Trinajstić information content (AvgIpc) is 3.16. The molecular formula is C44H31N. The molecule has 0 aliphatic heterocycles. The monoisotopic (exact) mass is 577 g/mol. The number of hydrogen-bond donors (Lipinski definition) is 0. The van der Waals surface area contributed by atoms with Crippen molar-refractivity contribution in [1.29, 1.82) is 0 Å². The Morgan fingerprint density at radius 1 is 0.378 bits per heavy atom. The minimum absolute atomic E-state index is 0.0368. The molecule has 0 aliphatic rings. The predicted octanol–water partition coefficient (Wildman–Crippen LogP) is 12.5. The molecule has 8 aromatic rings. The standard InChI is InChI=1S/C44H31N/c1-2-10-32(11-3-1)34-20-22-35(23-21-34)36-26-28-41(29-27-36)45(44-19-9-15-37-13-6-7-18-43(37)44)42-17-8-16-39(31-42)40-25-24-33-12-4-5-14-38(33)30-40/h1-31H/i8D,16D,17D,31D. The van der Waals surface area contributed by atoms with Gasteiger partial charge in [0, 0.05) is 16.8 Å². The van der Waals surface area contributed by atoms with Crippen LogP contribution < -0.4 is 4.90 Å². The van der Waals surface area contributed by atoms with Crippen LogP contribution in [-0.4, -0.2) is 0 Å². The van der Waals surface area contributed by atoms with Gasteiger partial charge in [0.05, 0.1) is 11.2 Å². The second-order valence-electron chi connectivity index (χ2n) is 11.1. The quantitative estimate of drug-likeness (QED) is 0.190. The molecule has 0 bridgehead atoms. The third-order valence-corrected chi connectivity index (χ3v) is 8.33. The lowest BCUT2D eigenvalue weighted by Crippen LogP contribution is -2.10.